The van der Waals surface area contributed by atoms with Crippen LogP contribution in [0.5, 0.6) is 5.75 Å². The molecule has 2 N–H and O–H groups in total. The van der Waals surface area contributed by atoms with E-state index in [1.54, 1.807) is 25.1 Å². The Hall–Kier alpha value is -3.76. The molecule has 3 heterocycles. The second-order valence-electron chi connectivity index (χ2n) is 6.60. The van der Waals surface area contributed by atoms with Crippen LogP contribution < -0.4 is 16.2 Å². The number of ether oxygens (including phenoxy) is 1. The quantitative estimate of drug-likeness (QED) is 0.545. The van der Waals surface area contributed by atoms with Crippen molar-refractivity contribution in [1.29, 1.82) is 0 Å². The summed E-state index contributed by atoms with van der Waals surface area (Å²) in [5.41, 5.74) is 6.31. The third-order valence-corrected chi connectivity index (χ3v) is 4.49. The maximum absolute atomic E-state index is 12.9. The maximum Gasteiger partial charge on any atom is 0.573 e. The molecule has 0 bridgehead atoms. The van der Waals surface area contributed by atoms with Gasteiger partial charge in [-0.15, -0.1) is 13.2 Å². The van der Waals surface area contributed by atoms with Crippen LogP contribution in [0.25, 0.3) is 22.6 Å². The van der Waals surface area contributed by atoms with Gasteiger partial charge in [-0.1, -0.05) is 18.2 Å². The number of benzene rings is 1. The van der Waals surface area contributed by atoms with E-state index in [-0.39, 0.29) is 23.7 Å². The molecular weight excluding hydrogens is 403 g/mol. The molecule has 0 spiro atoms. The number of nitrogen functional groups attached to an aromatic ring is 1. The van der Waals surface area contributed by atoms with Crippen LogP contribution in [-0.2, 0) is 13.6 Å². The zero-order valence-corrected chi connectivity index (χ0v) is 15.9. The van der Waals surface area contributed by atoms with Gasteiger partial charge in [0.1, 0.15) is 22.7 Å². The minimum atomic E-state index is -4.86. The van der Waals surface area contributed by atoms with Gasteiger partial charge in [0.2, 0.25) is 5.95 Å². The fraction of sp³-hybridized carbons (Fsp3) is 0.211. The molecule has 156 valence electrons. The molecule has 30 heavy (non-hydrogen) atoms. The average molecular weight is 419 g/mol. The van der Waals surface area contributed by atoms with Crippen LogP contribution in [0.4, 0.5) is 19.1 Å². The lowest BCUT2D eigenvalue weighted by atomic mass is 10.2. The summed E-state index contributed by atoms with van der Waals surface area (Å²) in [6.45, 7) is 1.54. The number of hydrogen-bond donors (Lipinski definition) is 1. The smallest absolute Gasteiger partial charge is 0.460 e. The molecule has 0 aliphatic heterocycles. The molecule has 4 rings (SSSR count). The highest BCUT2D eigenvalue weighted by Gasteiger charge is 2.32. The topological polar surface area (TPSA) is 101 Å². The number of aryl methyl sites for hydroxylation is 2. The number of rotatable bonds is 4. The molecule has 0 atom stereocenters. The summed E-state index contributed by atoms with van der Waals surface area (Å²) in [6.07, 6.45) is -4.86. The van der Waals surface area contributed by atoms with Crippen LogP contribution in [0.15, 0.2) is 45.6 Å². The van der Waals surface area contributed by atoms with Gasteiger partial charge in [0.25, 0.3) is 0 Å². The van der Waals surface area contributed by atoms with Gasteiger partial charge in [-0.2, -0.15) is 4.98 Å². The zero-order valence-electron chi connectivity index (χ0n) is 15.9. The summed E-state index contributed by atoms with van der Waals surface area (Å²) in [5.74, 6) is 0.515. The Morgan fingerprint density at radius 3 is 2.57 bits per heavy atom. The lowest BCUT2D eigenvalue weighted by molar-refractivity contribution is -0.274. The zero-order chi connectivity index (χ0) is 21.6. The van der Waals surface area contributed by atoms with Gasteiger partial charge in [0.05, 0.1) is 6.54 Å². The fourth-order valence-corrected chi connectivity index (χ4v) is 3.23. The Morgan fingerprint density at radius 2 is 1.90 bits per heavy atom. The molecule has 0 amide bonds. The van der Waals surface area contributed by atoms with Crippen molar-refractivity contribution < 1.29 is 22.3 Å². The van der Waals surface area contributed by atoms with Gasteiger partial charge in [-0.3, -0.25) is 9.13 Å². The number of fused-ring (bicyclic) bond motifs is 1. The van der Waals surface area contributed by atoms with Crippen LogP contribution in [0, 0.1) is 6.92 Å². The summed E-state index contributed by atoms with van der Waals surface area (Å²) in [7, 11) is 1.51. The number of aromatic nitrogens is 4. The number of furan rings is 1. The number of alkyl halides is 3. The Morgan fingerprint density at radius 1 is 1.17 bits per heavy atom. The average Bonchev–Trinajstić information content (AvgIpc) is 3.19. The van der Waals surface area contributed by atoms with E-state index >= 15 is 0 Å². The summed E-state index contributed by atoms with van der Waals surface area (Å²) >= 11 is 0. The highest BCUT2D eigenvalue weighted by atomic mass is 19.4. The van der Waals surface area contributed by atoms with Gasteiger partial charge < -0.3 is 14.9 Å². The molecule has 1 aromatic carbocycles. The summed E-state index contributed by atoms with van der Waals surface area (Å²) in [5, 5.41) is 0. The molecule has 3 aromatic heterocycles. The third kappa shape index (κ3) is 3.49. The predicted molar refractivity (Wildman–Crippen MR) is 102 cm³/mol. The number of halogens is 3. The molecule has 0 aliphatic carbocycles. The molecule has 0 saturated carbocycles. The number of hydrogen-bond acceptors (Lipinski definition) is 6. The highest BCUT2D eigenvalue weighted by molar-refractivity contribution is 5.87. The van der Waals surface area contributed by atoms with E-state index in [0.29, 0.717) is 22.7 Å². The summed E-state index contributed by atoms with van der Waals surface area (Å²) in [4.78, 5) is 21.3. The van der Waals surface area contributed by atoms with Crippen molar-refractivity contribution in [3.63, 3.8) is 0 Å². The van der Waals surface area contributed by atoms with E-state index in [4.69, 9.17) is 10.2 Å². The van der Waals surface area contributed by atoms with E-state index in [0.717, 1.165) is 0 Å². The number of nitrogens with two attached hydrogens (primary N) is 1. The van der Waals surface area contributed by atoms with Gasteiger partial charge in [-0.25, -0.2) is 9.78 Å². The number of para-hydroxylation sites is 1. The molecular formula is C19H16F3N5O3. The van der Waals surface area contributed by atoms with E-state index in [2.05, 4.69) is 14.7 Å². The van der Waals surface area contributed by atoms with E-state index < -0.39 is 17.8 Å². The minimum absolute atomic E-state index is 0.106. The van der Waals surface area contributed by atoms with Gasteiger partial charge in [-0.05, 0) is 25.1 Å². The third-order valence-electron chi connectivity index (χ3n) is 4.49. The van der Waals surface area contributed by atoms with Crippen LogP contribution in [-0.4, -0.2) is 25.5 Å². The van der Waals surface area contributed by atoms with Gasteiger partial charge in [0.15, 0.2) is 11.4 Å². The normalized spacial score (nSPS) is 11.9. The van der Waals surface area contributed by atoms with E-state index in [1.165, 1.54) is 34.4 Å². The molecule has 0 aliphatic rings. The standard InChI is InChI=1S/C19H16F3N5O3/c1-10-7-8-13(29-10)14-15-16(25-17(23)24-14)27(18(28)26(15)2)9-11-5-3-4-6-12(11)30-19(20,21)22/h3-8H,9H2,1-2H3,(H2,23,24,25). The van der Waals surface area contributed by atoms with Crippen molar-refractivity contribution in [2.45, 2.75) is 19.8 Å². The SMILES string of the molecule is Cc1ccc(-c2nc(N)nc3c2n(C)c(=O)n3Cc2ccccc2OC(F)(F)F)o1. The number of imidazole rings is 1. The second kappa shape index (κ2) is 6.94. The molecule has 0 radical (unpaired) electrons. The number of anilines is 1. The molecule has 0 saturated heterocycles. The van der Waals surface area contributed by atoms with Crippen molar-refractivity contribution in [3.8, 4) is 17.2 Å². The molecule has 8 nitrogen and oxygen atoms in total. The fourth-order valence-electron chi connectivity index (χ4n) is 3.23. The minimum Gasteiger partial charge on any atom is -0.460 e. The van der Waals surface area contributed by atoms with Crippen LogP contribution in [0.3, 0.4) is 0 Å². The summed E-state index contributed by atoms with van der Waals surface area (Å²) < 4.78 is 50.5. The second-order valence-corrected chi connectivity index (χ2v) is 6.60. The van der Waals surface area contributed by atoms with Crippen molar-refractivity contribution in [1.82, 2.24) is 19.1 Å². The van der Waals surface area contributed by atoms with Crippen LogP contribution in [0.2, 0.25) is 0 Å². The van der Waals surface area contributed by atoms with Crippen molar-refractivity contribution >= 4 is 17.1 Å². The van der Waals surface area contributed by atoms with Gasteiger partial charge >= 0.3 is 12.1 Å². The largest absolute Gasteiger partial charge is 0.573 e. The number of nitrogens with zero attached hydrogens (tertiary/aromatic N) is 4. The first-order valence-electron chi connectivity index (χ1n) is 8.77. The lowest BCUT2D eigenvalue weighted by Crippen LogP contribution is -2.24. The lowest BCUT2D eigenvalue weighted by Gasteiger charge is -2.13. The molecule has 11 heteroatoms. The first kappa shape index (κ1) is 19.6. The first-order chi connectivity index (χ1) is 14.1. The first-order valence-corrected chi connectivity index (χ1v) is 8.77. The van der Waals surface area contributed by atoms with Crippen molar-refractivity contribution in [2.24, 2.45) is 7.05 Å². The van der Waals surface area contributed by atoms with Crippen LogP contribution >= 0.6 is 0 Å². The Bertz CT molecular complexity index is 1300. The maximum atomic E-state index is 12.9. The van der Waals surface area contributed by atoms with E-state index in [9.17, 15) is 18.0 Å². The Balaban J connectivity index is 1.89. The molecule has 4 aromatic rings. The Kier molecular flexibility index (Phi) is 4.52. The van der Waals surface area contributed by atoms with Crippen LogP contribution in [0.1, 0.15) is 11.3 Å². The monoisotopic (exact) mass is 419 g/mol. The predicted octanol–water partition coefficient (Wildman–Crippen LogP) is 3.23. The van der Waals surface area contributed by atoms with Crippen molar-refractivity contribution in [2.75, 3.05) is 5.73 Å². The molecule has 0 fully saturated rings. The van der Waals surface area contributed by atoms with E-state index in [1.807, 2.05) is 0 Å². The Labute approximate surface area is 167 Å². The van der Waals surface area contributed by atoms with Crippen molar-refractivity contribution in [3.05, 3.63) is 58.2 Å². The summed E-state index contributed by atoms with van der Waals surface area (Å²) in [6, 6.07) is 9.00. The highest BCUT2D eigenvalue weighted by Crippen LogP contribution is 2.30. The molecule has 0 unspecified atom stereocenters. The van der Waals surface area contributed by atoms with Gasteiger partial charge in [0, 0.05) is 12.6 Å².